The van der Waals surface area contributed by atoms with Crippen molar-refractivity contribution in [2.45, 2.75) is 13.0 Å². The largest absolute Gasteiger partial charge is 0.348 e. The molecule has 0 aliphatic heterocycles. The summed E-state index contributed by atoms with van der Waals surface area (Å²) in [7, 11) is 0. The molecule has 1 atom stereocenters. The van der Waals surface area contributed by atoms with Crippen molar-refractivity contribution in [2.24, 2.45) is 0 Å². The first-order valence-corrected chi connectivity index (χ1v) is 8.32. The summed E-state index contributed by atoms with van der Waals surface area (Å²) in [6.07, 6.45) is 5.27. The molecule has 0 amide bonds. The lowest BCUT2D eigenvalue weighted by Crippen LogP contribution is -2.11. The Bertz CT molecular complexity index is 1090. The fourth-order valence-electron chi connectivity index (χ4n) is 2.79. The fraction of sp³-hybridized carbons (Fsp3) is 0.100. The summed E-state index contributed by atoms with van der Waals surface area (Å²) >= 11 is 0. The van der Waals surface area contributed by atoms with Gasteiger partial charge in [0.25, 0.3) is 0 Å². The lowest BCUT2D eigenvalue weighted by molar-refractivity contribution is 0.863. The van der Waals surface area contributed by atoms with Gasteiger partial charge in [-0.25, -0.2) is 4.98 Å². The summed E-state index contributed by atoms with van der Waals surface area (Å²) in [6.45, 7) is 2.04. The number of nitrogens with one attached hydrogen (secondary N) is 2. The first-order valence-electron chi connectivity index (χ1n) is 8.32. The molecule has 0 radical (unpaired) electrons. The van der Waals surface area contributed by atoms with Crippen molar-refractivity contribution < 1.29 is 0 Å². The number of anilines is 1. The molecule has 1 aromatic carbocycles. The summed E-state index contributed by atoms with van der Waals surface area (Å²) in [5, 5.41) is 4.07. The number of pyridine rings is 2. The van der Waals surface area contributed by atoms with E-state index in [0.717, 1.165) is 22.1 Å². The van der Waals surface area contributed by atoms with Crippen LogP contribution in [0, 0.1) is 0 Å². The maximum Gasteiger partial charge on any atom is 0.249 e. The van der Waals surface area contributed by atoms with Gasteiger partial charge in [-0.1, -0.05) is 24.3 Å². The molecule has 6 nitrogen and oxygen atoms in total. The van der Waals surface area contributed by atoms with Gasteiger partial charge >= 0.3 is 0 Å². The SMILES string of the molecule is C[C@H](Nc1ncc2ccc(=O)[nH]c2n1)c1ccc(-c2ccncc2)cc1. The van der Waals surface area contributed by atoms with Gasteiger partial charge in [-0.15, -0.1) is 0 Å². The predicted molar refractivity (Wildman–Crippen MR) is 102 cm³/mol. The molecule has 0 saturated heterocycles. The summed E-state index contributed by atoms with van der Waals surface area (Å²) in [5.41, 5.74) is 3.74. The lowest BCUT2D eigenvalue weighted by atomic mass is 10.0. The third-order valence-electron chi connectivity index (χ3n) is 4.24. The van der Waals surface area contributed by atoms with Gasteiger partial charge in [-0.05, 0) is 41.8 Å². The highest BCUT2D eigenvalue weighted by Crippen LogP contribution is 2.23. The minimum Gasteiger partial charge on any atom is -0.348 e. The van der Waals surface area contributed by atoms with E-state index in [9.17, 15) is 4.79 Å². The Morgan fingerprint density at radius 1 is 0.962 bits per heavy atom. The fourth-order valence-corrected chi connectivity index (χ4v) is 2.79. The van der Waals surface area contributed by atoms with Gasteiger partial charge in [-0.3, -0.25) is 9.78 Å². The molecule has 2 N–H and O–H groups in total. The van der Waals surface area contributed by atoms with Crippen LogP contribution in [0.2, 0.25) is 0 Å². The normalized spacial score (nSPS) is 12.0. The number of H-pyrrole nitrogens is 1. The molecule has 3 aromatic heterocycles. The van der Waals surface area contributed by atoms with Crippen LogP contribution in [0.4, 0.5) is 5.95 Å². The van der Waals surface area contributed by atoms with Crippen LogP contribution in [0.3, 0.4) is 0 Å². The molecule has 0 saturated carbocycles. The average Bonchev–Trinajstić information content (AvgIpc) is 2.68. The number of aromatic nitrogens is 4. The van der Waals surface area contributed by atoms with Crippen LogP contribution in [0.1, 0.15) is 18.5 Å². The summed E-state index contributed by atoms with van der Waals surface area (Å²) < 4.78 is 0. The second kappa shape index (κ2) is 6.76. The van der Waals surface area contributed by atoms with Crippen molar-refractivity contribution in [3.8, 4) is 11.1 Å². The number of benzene rings is 1. The number of hydrogen-bond acceptors (Lipinski definition) is 5. The lowest BCUT2D eigenvalue weighted by Gasteiger charge is -2.15. The average molecular weight is 343 g/mol. The smallest absolute Gasteiger partial charge is 0.249 e. The van der Waals surface area contributed by atoms with Gasteiger partial charge in [0.1, 0.15) is 5.65 Å². The van der Waals surface area contributed by atoms with Crippen LogP contribution in [-0.2, 0) is 0 Å². The van der Waals surface area contributed by atoms with Crippen molar-refractivity contribution in [1.29, 1.82) is 0 Å². The maximum absolute atomic E-state index is 11.4. The van der Waals surface area contributed by atoms with Crippen LogP contribution in [0.15, 0.2) is 71.9 Å². The third kappa shape index (κ3) is 3.30. The van der Waals surface area contributed by atoms with Gasteiger partial charge in [0.2, 0.25) is 11.5 Å². The Balaban J connectivity index is 1.54. The van der Waals surface area contributed by atoms with Crippen LogP contribution in [-0.4, -0.2) is 19.9 Å². The van der Waals surface area contributed by atoms with Crippen LogP contribution >= 0.6 is 0 Å². The highest BCUT2D eigenvalue weighted by atomic mass is 16.1. The zero-order valence-corrected chi connectivity index (χ0v) is 14.2. The molecular weight excluding hydrogens is 326 g/mol. The molecule has 3 heterocycles. The van der Waals surface area contributed by atoms with Gasteiger partial charge in [0.05, 0.1) is 6.04 Å². The van der Waals surface area contributed by atoms with Crippen molar-refractivity contribution in [2.75, 3.05) is 5.32 Å². The number of rotatable bonds is 4. The van der Waals surface area contributed by atoms with Gasteiger partial charge < -0.3 is 10.3 Å². The van der Waals surface area contributed by atoms with E-state index in [-0.39, 0.29) is 11.6 Å². The second-order valence-corrected chi connectivity index (χ2v) is 6.04. The van der Waals surface area contributed by atoms with E-state index in [1.807, 2.05) is 19.1 Å². The Morgan fingerprint density at radius 2 is 1.69 bits per heavy atom. The summed E-state index contributed by atoms with van der Waals surface area (Å²) in [6, 6.07) is 15.5. The van der Waals surface area contributed by atoms with E-state index in [1.165, 1.54) is 6.07 Å². The van der Waals surface area contributed by atoms with E-state index >= 15 is 0 Å². The molecule has 128 valence electrons. The van der Waals surface area contributed by atoms with Gasteiger partial charge in [0, 0.05) is 30.0 Å². The Morgan fingerprint density at radius 3 is 2.46 bits per heavy atom. The highest BCUT2D eigenvalue weighted by molar-refractivity contribution is 5.74. The molecule has 0 unspecified atom stereocenters. The molecule has 4 rings (SSSR count). The van der Waals surface area contributed by atoms with Crippen LogP contribution in [0.25, 0.3) is 22.2 Å². The summed E-state index contributed by atoms with van der Waals surface area (Å²) in [4.78, 5) is 26.9. The minimum atomic E-state index is -0.179. The van der Waals surface area contributed by atoms with Crippen molar-refractivity contribution in [3.63, 3.8) is 0 Å². The van der Waals surface area contributed by atoms with E-state index in [0.29, 0.717) is 11.6 Å². The van der Waals surface area contributed by atoms with E-state index in [1.54, 1.807) is 24.7 Å². The zero-order valence-electron chi connectivity index (χ0n) is 14.2. The first kappa shape index (κ1) is 16.0. The number of nitrogens with zero attached hydrogens (tertiary/aromatic N) is 3. The van der Waals surface area contributed by atoms with Crippen LogP contribution < -0.4 is 10.9 Å². The number of hydrogen-bond donors (Lipinski definition) is 2. The topological polar surface area (TPSA) is 83.6 Å². The van der Waals surface area contributed by atoms with Crippen molar-refractivity contribution >= 4 is 17.0 Å². The van der Waals surface area contributed by atoms with Crippen LogP contribution in [0.5, 0.6) is 0 Å². The molecule has 0 fully saturated rings. The quantitative estimate of drug-likeness (QED) is 0.592. The third-order valence-corrected chi connectivity index (χ3v) is 4.24. The van der Waals surface area contributed by atoms with Crippen molar-refractivity contribution in [1.82, 2.24) is 19.9 Å². The highest BCUT2D eigenvalue weighted by Gasteiger charge is 2.08. The van der Waals surface area contributed by atoms with E-state index < -0.39 is 0 Å². The number of fused-ring (bicyclic) bond motifs is 1. The zero-order chi connectivity index (χ0) is 17.9. The Kier molecular flexibility index (Phi) is 4.15. The standard InChI is InChI=1S/C20H17N5O/c1-13(14-2-4-15(5-3-14)16-8-10-21-11-9-16)23-20-22-12-17-6-7-18(26)24-19(17)25-20/h2-13H,1H3,(H2,22,23,24,25,26)/t13-/m0/s1. The van der Waals surface area contributed by atoms with E-state index in [4.69, 9.17) is 0 Å². The summed E-state index contributed by atoms with van der Waals surface area (Å²) in [5.74, 6) is 0.477. The molecule has 4 aromatic rings. The minimum absolute atomic E-state index is 0.0226. The molecular formula is C20H17N5O. The number of aromatic amines is 1. The molecule has 0 bridgehead atoms. The molecule has 0 aliphatic carbocycles. The van der Waals surface area contributed by atoms with Gasteiger partial charge in [-0.2, -0.15) is 4.98 Å². The predicted octanol–water partition coefficient (Wildman–Crippen LogP) is 3.55. The molecule has 0 spiro atoms. The van der Waals surface area contributed by atoms with E-state index in [2.05, 4.69) is 49.5 Å². The van der Waals surface area contributed by atoms with Crippen molar-refractivity contribution in [3.05, 3.63) is 83.0 Å². The molecule has 6 heteroatoms. The maximum atomic E-state index is 11.4. The monoisotopic (exact) mass is 343 g/mol. The first-order chi connectivity index (χ1) is 12.7. The second-order valence-electron chi connectivity index (χ2n) is 6.04. The Labute approximate surface area is 150 Å². The molecule has 26 heavy (non-hydrogen) atoms. The Hall–Kier alpha value is -3.54. The van der Waals surface area contributed by atoms with Gasteiger partial charge in [0.15, 0.2) is 0 Å². The molecule has 0 aliphatic rings.